The molecule has 2 aliphatic heterocycles. The van der Waals surface area contributed by atoms with Gasteiger partial charge in [0, 0.05) is 13.1 Å². The maximum atomic E-state index is 12.2. The molecule has 0 aromatic rings. The van der Waals surface area contributed by atoms with Crippen LogP contribution in [0.2, 0.25) is 0 Å². The van der Waals surface area contributed by atoms with Crippen LogP contribution in [0.4, 0.5) is 0 Å². The summed E-state index contributed by atoms with van der Waals surface area (Å²) in [6.07, 6.45) is 1.64. The fourth-order valence-electron chi connectivity index (χ4n) is 1.72. The number of thioether (sulfide) groups is 2. The third kappa shape index (κ3) is 2.22. The quantitative estimate of drug-likeness (QED) is 0.451. The van der Waals surface area contributed by atoms with Crippen molar-refractivity contribution in [1.82, 2.24) is 9.80 Å². The van der Waals surface area contributed by atoms with Crippen LogP contribution < -0.4 is 0 Å². The Morgan fingerprint density at radius 2 is 2.17 bits per heavy atom. The second-order valence-electron chi connectivity index (χ2n) is 3.63. The SMILES string of the molecule is C=CCN1C(=O)/C(=C2\SCC(=O)N2CC)SC1=S. The first-order valence-corrected chi connectivity index (χ1v) is 7.63. The predicted octanol–water partition coefficient (Wildman–Crippen LogP) is 1.80. The summed E-state index contributed by atoms with van der Waals surface area (Å²) in [5, 5.41) is 0.742. The molecule has 18 heavy (non-hydrogen) atoms. The molecule has 0 bridgehead atoms. The van der Waals surface area contributed by atoms with Crippen LogP contribution in [0.3, 0.4) is 0 Å². The van der Waals surface area contributed by atoms with Crippen molar-refractivity contribution >= 4 is 51.9 Å². The summed E-state index contributed by atoms with van der Waals surface area (Å²) in [5.74, 6) is 0.321. The second kappa shape index (κ2) is 5.46. The van der Waals surface area contributed by atoms with Gasteiger partial charge in [-0.25, -0.2) is 0 Å². The number of thiocarbonyl (C=S) groups is 1. The van der Waals surface area contributed by atoms with E-state index in [1.165, 1.54) is 28.4 Å². The van der Waals surface area contributed by atoms with Gasteiger partial charge in [0.15, 0.2) is 0 Å². The van der Waals surface area contributed by atoms with E-state index in [1.807, 2.05) is 6.92 Å². The van der Waals surface area contributed by atoms with Crippen LogP contribution in [-0.2, 0) is 9.59 Å². The van der Waals surface area contributed by atoms with Gasteiger partial charge in [-0.05, 0) is 6.92 Å². The molecule has 2 heterocycles. The molecule has 4 nitrogen and oxygen atoms in total. The first-order valence-electron chi connectivity index (χ1n) is 5.42. The molecule has 2 fully saturated rings. The molecule has 2 rings (SSSR count). The largest absolute Gasteiger partial charge is 0.305 e. The zero-order valence-electron chi connectivity index (χ0n) is 9.84. The molecule has 0 unspecified atom stereocenters. The molecular weight excluding hydrogens is 288 g/mol. The monoisotopic (exact) mass is 300 g/mol. The topological polar surface area (TPSA) is 40.6 Å². The van der Waals surface area contributed by atoms with Gasteiger partial charge >= 0.3 is 0 Å². The van der Waals surface area contributed by atoms with Gasteiger partial charge < -0.3 is 4.90 Å². The fraction of sp³-hybridized carbons (Fsp3) is 0.364. The normalized spacial score (nSPS) is 24.4. The van der Waals surface area contributed by atoms with Crippen LogP contribution in [0.15, 0.2) is 22.6 Å². The minimum atomic E-state index is -0.124. The molecule has 2 aliphatic rings. The Bertz CT molecular complexity index is 473. The number of carbonyl (C=O) groups excluding carboxylic acids is 2. The van der Waals surface area contributed by atoms with Crippen LogP contribution in [0.1, 0.15) is 6.92 Å². The van der Waals surface area contributed by atoms with E-state index in [0.717, 1.165) is 5.03 Å². The third-order valence-corrected chi connectivity index (χ3v) is 5.21. The number of rotatable bonds is 3. The Hall–Kier alpha value is -0.790. The van der Waals surface area contributed by atoms with Crippen molar-refractivity contribution in [3.63, 3.8) is 0 Å². The van der Waals surface area contributed by atoms with E-state index in [9.17, 15) is 9.59 Å². The van der Waals surface area contributed by atoms with Gasteiger partial charge in [0.1, 0.15) is 9.23 Å². The number of amides is 2. The van der Waals surface area contributed by atoms with E-state index < -0.39 is 0 Å². The molecule has 2 amide bonds. The summed E-state index contributed by atoms with van der Waals surface area (Å²) >= 11 is 7.85. The molecule has 0 radical (unpaired) electrons. The van der Waals surface area contributed by atoms with Crippen molar-refractivity contribution in [3.05, 3.63) is 22.6 Å². The minimum absolute atomic E-state index is 0.0477. The van der Waals surface area contributed by atoms with Crippen molar-refractivity contribution in [1.29, 1.82) is 0 Å². The van der Waals surface area contributed by atoms with Crippen LogP contribution in [0, 0.1) is 0 Å². The van der Waals surface area contributed by atoms with E-state index in [4.69, 9.17) is 12.2 Å². The molecular formula is C11H12N2O2S3. The van der Waals surface area contributed by atoms with Gasteiger partial charge in [-0.1, -0.05) is 41.8 Å². The molecule has 0 spiro atoms. The van der Waals surface area contributed by atoms with Gasteiger partial charge in [0.05, 0.1) is 10.8 Å². The summed E-state index contributed by atoms with van der Waals surface area (Å²) in [5.41, 5.74) is 0. The lowest BCUT2D eigenvalue weighted by Gasteiger charge is -2.15. The van der Waals surface area contributed by atoms with Crippen LogP contribution in [-0.4, -0.2) is 44.8 Å². The van der Waals surface area contributed by atoms with E-state index >= 15 is 0 Å². The highest BCUT2D eigenvalue weighted by atomic mass is 32.2. The standard InChI is InChI=1S/C11H12N2O2S3/c1-3-5-13-9(15)8(18-11(13)16)10-12(4-2)7(14)6-17-10/h3H,1,4-6H2,2H3/b10-8+. The fourth-order valence-corrected chi connectivity index (χ4v) is 4.29. The molecule has 0 atom stereocenters. The van der Waals surface area contributed by atoms with Gasteiger partial charge in [-0.15, -0.1) is 6.58 Å². The Morgan fingerprint density at radius 1 is 1.44 bits per heavy atom. The lowest BCUT2D eigenvalue weighted by Crippen LogP contribution is -2.29. The first kappa shape index (κ1) is 13.6. The molecule has 96 valence electrons. The Morgan fingerprint density at radius 3 is 2.78 bits per heavy atom. The molecule has 7 heteroatoms. The molecule has 0 aromatic heterocycles. The second-order valence-corrected chi connectivity index (χ2v) is 6.24. The highest BCUT2D eigenvalue weighted by molar-refractivity contribution is 8.27. The van der Waals surface area contributed by atoms with Crippen LogP contribution >= 0.6 is 35.7 Å². The highest BCUT2D eigenvalue weighted by Crippen LogP contribution is 2.41. The molecule has 2 saturated heterocycles. The molecule has 0 aromatic carbocycles. The first-order chi connectivity index (χ1) is 8.60. The lowest BCUT2D eigenvalue weighted by molar-refractivity contribution is -0.125. The van der Waals surface area contributed by atoms with Gasteiger partial charge in [0.25, 0.3) is 5.91 Å². The van der Waals surface area contributed by atoms with Crippen LogP contribution in [0.5, 0.6) is 0 Å². The summed E-state index contributed by atoms with van der Waals surface area (Å²) in [7, 11) is 0. The van der Waals surface area contributed by atoms with E-state index in [2.05, 4.69) is 6.58 Å². The lowest BCUT2D eigenvalue weighted by atomic mass is 10.4. The highest BCUT2D eigenvalue weighted by Gasteiger charge is 2.38. The molecule has 0 N–H and O–H groups in total. The summed E-state index contributed by atoms with van der Waals surface area (Å²) < 4.78 is 0.526. The Balaban J connectivity index is 2.34. The maximum absolute atomic E-state index is 12.2. The average molecular weight is 300 g/mol. The number of hydrogen-bond acceptors (Lipinski definition) is 5. The Labute approximate surface area is 119 Å². The van der Waals surface area contributed by atoms with E-state index in [-0.39, 0.29) is 11.8 Å². The van der Waals surface area contributed by atoms with Gasteiger partial charge in [-0.3, -0.25) is 14.5 Å². The average Bonchev–Trinajstić information content (AvgIpc) is 2.84. The minimum Gasteiger partial charge on any atom is -0.305 e. The van der Waals surface area contributed by atoms with Crippen molar-refractivity contribution in [2.75, 3.05) is 18.8 Å². The Kier molecular flexibility index (Phi) is 4.14. The van der Waals surface area contributed by atoms with Crippen LogP contribution in [0.25, 0.3) is 0 Å². The van der Waals surface area contributed by atoms with Crippen molar-refractivity contribution < 1.29 is 9.59 Å². The maximum Gasteiger partial charge on any atom is 0.269 e. The molecule has 0 saturated carbocycles. The number of nitrogens with zero attached hydrogens (tertiary/aromatic N) is 2. The van der Waals surface area contributed by atoms with Gasteiger partial charge in [0.2, 0.25) is 5.91 Å². The van der Waals surface area contributed by atoms with Crippen molar-refractivity contribution in [2.24, 2.45) is 0 Å². The summed E-state index contributed by atoms with van der Waals surface area (Å²) in [6.45, 7) is 6.49. The van der Waals surface area contributed by atoms with Crippen molar-refractivity contribution in [3.8, 4) is 0 Å². The summed E-state index contributed by atoms with van der Waals surface area (Å²) in [6, 6.07) is 0. The zero-order chi connectivity index (χ0) is 13.3. The summed E-state index contributed by atoms with van der Waals surface area (Å²) in [4.78, 5) is 27.6. The predicted molar refractivity (Wildman–Crippen MR) is 79.0 cm³/mol. The number of hydrogen-bond donors (Lipinski definition) is 0. The number of carbonyl (C=O) groups is 2. The third-order valence-electron chi connectivity index (χ3n) is 2.55. The van der Waals surface area contributed by atoms with E-state index in [1.54, 1.807) is 11.0 Å². The van der Waals surface area contributed by atoms with Crippen molar-refractivity contribution in [2.45, 2.75) is 6.92 Å². The smallest absolute Gasteiger partial charge is 0.269 e. The van der Waals surface area contributed by atoms with Gasteiger partial charge in [-0.2, -0.15) is 0 Å². The van der Waals surface area contributed by atoms with E-state index in [0.29, 0.717) is 28.1 Å². The zero-order valence-corrected chi connectivity index (χ0v) is 12.3. The molecule has 0 aliphatic carbocycles.